The Bertz CT molecular complexity index is 590. The molecule has 2 heterocycles. The lowest BCUT2D eigenvalue weighted by atomic mass is 10.1. The molecule has 0 radical (unpaired) electrons. The largest absolute Gasteiger partial charge is 0.382 e. The van der Waals surface area contributed by atoms with E-state index in [4.69, 9.17) is 0 Å². The quantitative estimate of drug-likeness (QED) is 0.673. The Morgan fingerprint density at radius 2 is 2.19 bits per heavy atom. The van der Waals surface area contributed by atoms with Crippen LogP contribution in [0, 0.1) is 10.1 Å². The molecule has 1 aromatic rings. The normalized spacial score (nSPS) is 21.4. The number of fused-ring (bicyclic) bond motifs is 1. The number of rotatable bonds is 3. The maximum absolute atomic E-state index is 11.7. The standard InChI is InChI=1S/C14H18N4O3/c1-15-11-3-2-4-12(14(11)18(20)21)16-7-8-17-10(9-16)5-6-13(17)19/h2-4,10,15H,5-9H2,1H3. The summed E-state index contributed by atoms with van der Waals surface area (Å²) in [6.45, 7) is 1.94. The van der Waals surface area contributed by atoms with Crippen molar-refractivity contribution in [2.75, 3.05) is 36.9 Å². The van der Waals surface area contributed by atoms with Gasteiger partial charge < -0.3 is 15.1 Å². The minimum Gasteiger partial charge on any atom is -0.382 e. The van der Waals surface area contributed by atoms with E-state index in [-0.39, 0.29) is 22.6 Å². The fraction of sp³-hybridized carbons (Fsp3) is 0.500. The highest BCUT2D eigenvalue weighted by atomic mass is 16.6. The highest BCUT2D eigenvalue weighted by Gasteiger charge is 2.37. The molecule has 1 aromatic carbocycles. The van der Waals surface area contributed by atoms with E-state index in [0.29, 0.717) is 37.4 Å². The number of piperazine rings is 1. The number of nitrogens with one attached hydrogen (secondary N) is 1. The Labute approximate surface area is 122 Å². The third-order valence-corrected chi connectivity index (χ3v) is 4.30. The number of nitrogens with zero attached hydrogens (tertiary/aromatic N) is 3. The summed E-state index contributed by atoms with van der Waals surface area (Å²) in [7, 11) is 1.68. The van der Waals surface area contributed by atoms with Crippen LogP contribution in [-0.4, -0.2) is 48.5 Å². The third kappa shape index (κ3) is 2.28. The van der Waals surface area contributed by atoms with Gasteiger partial charge in [0.25, 0.3) is 0 Å². The first-order valence-electron chi connectivity index (χ1n) is 7.11. The Balaban J connectivity index is 1.91. The van der Waals surface area contributed by atoms with E-state index < -0.39 is 0 Å². The fourth-order valence-electron chi connectivity index (χ4n) is 3.26. The first kappa shape index (κ1) is 13.7. The molecule has 2 aliphatic heterocycles. The van der Waals surface area contributed by atoms with Crippen LogP contribution in [0.15, 0.2) is 18.2 Å². The lowest BCUT2D eigenvalue weighted by Crippen LogP contribution is -2.51. The number of nitro benzene ring substituents is 1. The predicted octanol–water partition coefficient (Wildman–Crippen LogP) is 1.45. The van der Waals surface area contributed by atoms with Crippen molar-refractivity contribution in [3.8, 4) is 0 Å². The molecule has 7 heteroatoms. The van der Waals surface area contributed by atoms with Gasteiger partial charge in [-0.05, 0) is 18.6 Å². The van der Waals surface area contributed by atoms with Crippen molar-refractivity contribution in [3.05, 3.63) is 28.3 Å². The number of para-hydroxylation sites is 1. The number of hydrogen-bond donors (Lipinski definition) is 1. The first-order valence-corrected chi connectivity index (χ1v) is 7.11. The molecule has 2 saturated heterocycles. The van der Waals surface area contributed by atoms with Gasteiger partial charge in [0.2, 0.25) is 5.91 Å². The van der Waals surface area contributed by atoms with Crippen molar-refractivity contribution in [3.63, 3.8) is 0 Å². The van der Waals surface area contributed by atoms with Gasteiger partial charge in [-0.25, -0.2) is 0 Å². The average molecular weight is 290 g/mol. The van der Waals surface area contributed by atoms with Gasteiger partial charge >= 0.3 is 5.69 Å². The highest BCUT2D eigenvalue weighted by molar-refractivity contribution is 5.80. The summed E-state index contributed by atoms with van der Waals surface area (Å²) >= 11 is 0. The summed E-state index contributed by atoms with van der Waals surface area (Å²) in [6, 6.07) is 5.49. The molecule has 3 rings (SSSR count). The van der Waals surface area contributed by atoms with E-state index in [1.165, 1.54) is 0 Å². The maximum atomic E-state index is 11.7. The van der Waals surface area contributed by atoms with Crippen LogP contribution in [0.3, 0.4) is 0 Å². The molecular formula is C14H18N4O3. The van der Waals surface area contributed by atoms with Crippen LogP contribution in [0.1, 0.15) is 12.8 Å². The number of amides is 1. The van der Waals surface area contributed by atoms with Crippen molar-refractivity contribution in [2.45, 2.75) is 18.9 Å². The molecule has 112 valence electrons. The van der Waals surface area contributed by atoms with Crippen LogP contribution in [0.2, 0.25) is 0 Å². The second kappa shape index (κ2) is 5.23. The molecule has 2 aliphatic rings. The van der Waals surface area contributed by atoms with Gasteiger partial charge in [0, 0.05) is 39.1 Å². The summed E-state index contributed by atoms with van der Waals surface area (Å²) in [5, 5.41) is 14.3. The lowest BCUT2D eigenvalue weighted by Gasteiger charge is -2.38. The molecule has 1 N–H and O–H groups in total. The molecule has 0 saturated carbocycles. The number of anilines is 2. The van der Waals surface area contributed by atoms with Gasteiger partial charge in [0.15, 0.2) is 0 Å². The molecule has 7 nitrogen and oxygen atoms in total. The van der Waals surface area contributed by atoms with Crippen LogP contribution in [-0.2, 0) is 4.79 Å². The summed E-state index contributed by atoms with van der Waals surface area (Å²) < 4.78 is 0. The summed E-state index contributed by atoms with van der Waals surface area (Å²) in [4.78, 5) is 26.7. The Hall–Kier alpha value is -2.31. The molecule has 0 bridgehead atoms. The molecule has 0 aromatic heterocycles. The Morgan fingerprint density at radius 1 is 1.38 bits per heavy atom. The molecule has 2 fully saturated rings. The number of carbonyl (C=O) groups is 1. The molecule has 0 aliphatic carbocycles. The van der Waals surface area contributed by atoms with Crippen molar-refractivity contribution >= 4 is 23.0 Å². The number of carbonyl (C=O) groups excluding carboxylic acids is 1. The minimum absolute atomic E-state index is 0.109. The van der Waals surface area contributed by atoms with Gasteiger partial charge in [-0.15, -0.1) is 0 Å². The fourth-order valence-corrected chi connectivity index (χ4v) is 3.26. The average Bonchev–Trinajstić information content (AvgIpc) is 2.87. The number of hydrogen-bond acceptors (Lipinski definition) is 5. The van der Waals surface area contributed by atoms with Crippen LogP contribution >= 0.6 is 0 Å². The zero-order chi connectivity index (χ0) is 15.0. The molecule has 1 amide bonds. The molecule has 21 heavy (non-hydrogen) atoms. The second-order valence-corrected chi connectivity index (χ2v) is 5.41. The molecule has 1 unspecified atom stereocenters. The maximum Gasteiger partial charge on any atom is 0.315 e. The van der Waals surface area contributed by atoms with Gasteiger partial charge in [-0.3, -0.25) is 14.9 Å². The number of benzene rings is 1. The third-order valence-electron chi connectivity index (χ3n) is 4.30. The van der Waals surface area contributed by atoms with E-state index in [1.807, 2.05) is 15.9 Å². The highest BCUT2D eigenvalue weighted by Crippen LogP contribution is 2.37. The van der Waals surface area contributed by atoms with E-state index in [1.54, 1.807) is 19.2 Å². The SMILES string of the molecule is CNc1cccc(N2CCN3C(=O)CCC3C2)c1[N+](=O)[O-]. The zero-order valence-corrected chi connectivity index (χ0v) is 11.9. The van der Waals surface area contributed by atoms with Crippen LogP contribution in [0.25, 0.3) is 0 Å². The van der Waals surface area contributed by atoms with E-state index in [0.717, 1.165) is 6.42 Å². The second-order valence-electron chi connectivity index (χ2n) is 5.41. The Kier molecular flexibility index (Phi) is 3.40. The van der Waals surface area contributed by atoms with Crippen LogP contribution in [0.4, 0.5) is 17.1 Å². The summed E-state index contributed by atoms with van der Waals surface area (Å²) in [6.07, 6.45) is 1.44. The molecular weight excluding hydrogens is 272 g/mol. The zero-order valence-electron chi connectivity index (χ0n) is 11.9. The summed E-state index contributed by atoms with van der Waals surface area (Å²) in [5.74, 6) is 0.207. The van der Waals surface area contributed by atoms with E-state index >= 15 is 0 Å². The number of nitro groups is 1. The monoisotopic (exact) mass is 290 g/mol. The van der Waals surface area contributed by atoms with Gasteiger partial charge in [0.05, 0.1) is 4.92 Å². The molecule has 1 atom stereocenters. The van der Waals surface area contributed by atoms with Crippen LogP contribution in [0.5, 0.6) is 0 Å². The molecule has 0 spiro atoms. The lowest BCUT2D eigenvalue weighted by molar-refractivity contribution is -0.383. The van der Waals surface area contributed by atoms with Gasteiger partial charge in [0.1, 0.15) is 11.4 Å². The first-order chi connectivity index (χ1) is 10.1. The van der Waals surface area contributed by atoms with E-state index in [9.17, 15) is 14.9 Å². The van der Waals surface area contributed by atoms with Crippen molar-refractivity contribution in [1.82, 2.24) is 4.90 Å². The van der Waals surface area contributed by atoms with Crippen LogP contribution < -0.4 is 10.2 Å². The predicted molar refractivity (Wildman–Crippen MR) is 79.6 cm³/mol. The van der Waals surface area contributed by atoms with Gasteiger partial charge in [-0.2, -0.15) is 0 Å². The van der Waals surface area contributed by atoms with Gasteiger partial charge in [-0.1, -0.05) is 6.07 Å². The van der Waals surface area contributed by atoms with Crippen molar-refractivity contribution < 1.29 is 9.72 Å². The smallest absolute Gasteiger partial charge is 0.315 e. The van der Waals surface area contributed by atoms with E-state index in [2.05, 4.69) is 5.32 Å². The summed E-state index contributed by atoms with van der Waals surface area (Å²) in [5.41, 5.74) is 1.26. The Morgan fingerprint density at radius 3 is 2.90 bits per heavy atom. The topological polar surface area (TPSA) is 78.7 Å². The minimum atomic E-state index is -0.340. The van der Waals surface area contributed by atoms with Crippen molar-refractivity contribution in [1.29, 1.82) is 0 Å². The van der Waals surface area contributed by atoms with Crippen molar-refractivity contribution in [2.24, 2.45) is 0 Å².